The summed E-state index contributed by atoms with van der Waals surface area (Å²) in [6.45, 7) is -0.210. The summed E-state index contributed by atoms with van der Waals surface area (Å²) >= 11 is 13.1. The lowest BCUT2D eigenvalue weighted by atomic mass is 10.1. The van der Waals surface area contributed by atoms with Crippen molar-refractivity contribution in [2.45, 2.75) is 31.2 Å². The highest BCUT2D eigenvalue weighted by Gasteiger charge is 2.52. The van der Waals surface area contributed by atoms with Crippen LogP contribution in [0.4, 0.5) is 45.2 Å². The molecule has 0 fully saturated rings. The molecule has 0 radical (unpaired) electrons. The maximum atomic E-state index is 13.9. The van der Waals surface area contributed by atoms with Gasteiger partial charge in [-0.05, 0) is 12.1 Å². The first-order valence-electron chi connectivity index (χ1n) is 9.37. The largest absolute Gasteiger partial charge is 0.451 e. The standard InChI is InChI=1S/C18H9Cl2F9N6S/c19-7-3-6(16(21,22)23)4-8(20)11(7)35-14(31-5-9-30-1-2-36-9)10-12(17(24,25)26)32-15(18(27,28)29)33-13(10)34-35/h1-4,13,31,34H,5H2. The number of hydrogen-bond donors (Lipinski definition) is 2. The van der Waals surface area contributed by atoms with Crippen LogP contribution in [0.2, 0.25) is 10.0 Å². The molecule has 18 heteroatoms. The molecule has 2 aliphatic heterocycles. The Morgan fingerprint density at radius 1 is 0.972 bits per heavy atom. The first kappa shape index (κ1) is 26.5. The van der Waals surface area contributed by atoms with Gasteiger partial charge in [0, 0.05) is 11.6 Å². The van der Waals surface area contributed by atoms with Gasteiger partial charge in [-0.15, -0.1) is 11.3 Å². The number of hydrazine groups is 1. The zero-order valence-corrected chi connectivity index (χ0v) is 19.3. The van der Waals surface area contributed by atoms with Crippen molar-refractivity contribution < 1.29 is 39.5 Å². The molecule has 2 aliphatic rings. The van der Waals surface area contributed by atoms with Crippen LogP contribution in [0.5, 0.6) is 0 Å². The quantitative estimate of drug-likeness (QED) is 0.428. The van der Waals surface area contributed by atoms with E-state index in [0.717, 1.165) is 11.3 Å². The Morgan fingerprint density at radius 3 is 2.11 bits per heavy atom. The molecule has 0 bridgehead atoms. The van der Waals surface area contributed by atoms with Crippen molar-refractivity contribution in [1.82, 2.24) is 15.7 Å². The summed E-state index contributed by atoms with van der Waals surface area (Å²) in [5.74, 6) is -2.58. The molecule has 36 heavy (non-hydrogen) atoms. The normalized spacial score (nSPS) is 18.9. The molecule has 1 unspecified atom stereocenters. The zero-order valence-electron chi connectivity index (χ0n) is 16.9. The van der Waals surface area contributed by atoms with Crippen LogP contribution in [0.15, 0.2) is 45.1 Å². The Balaban J connectivity index is 1.89. The summed E-state index contributed by atoms with van der Waals surface area (Å²) in [6, 6.07) is 0.942. The van der Waals surface area contributed by atoms with E-state index in [0.29, 0.717) is 22.1 Å². The molecule has 1 aromatic carbocycles. The number of alkyl halides is 9. The number of nitrogens with zero attached hydrogens (tertiary/aromatic N) is 4. The number of anilines is 1. The minimum atomic E-state index is -5.36. The van der Waals surface area contributed by atoms with Crippen LogP contribution in [0.3, 0.4) is 0 Å². The molecule has 0 saturated carbocycles. The maximum Gasteiger partial charge on any atom is 0.451 e. The Kier molecular flexibility index (Phi) is 6.68. The third-order valence-corrected chi connectivity index (χ3v) is 6.06. The second-order valence-electron chi connectivity index (χ2n) is 7.10. The van der Waals surface area contributed by atoms with Gasteiger partial charge in [0.2, 0.25) is 5.84 Å². The maximum absolute atomic E-state index is 13.9. The van der Waals surface area contributed by atoms with Gasteiger partial charge in [-0.1, -0.05) is 23.2 Å². The zero-order chi connectivity index (χ0) is 26.6. The number of aromatic nitrogens is 1. The topological polar surface area (TPSA) is 64.9 Å². The average Bonchev–Trinajstić information content (AvgIpc) is 3.36. The van der Waals surface area contributed by atoms with Gasteiger partial charge in [0.1, 0.15) is 17.0 Å². The van der Waals surface area contributed by atoms with E-state index in [1.807, 2.05) is 0 Å². The molecule has 0 aliphatic carbocycles. The predicted molar refractivity (Wildman–Crippen MR) is 114 cm³/mol. The van der Waals surface area contributed by atoms with Crippen molar-refractivity contribution in [3.63, 3.8) is 0 Å². The lowest BCUT2D eigenvalue weighted by Crippen LogP contribution is -2.43. The van der Waals surface area contributed by atoms with Crippen LogP contribution in [0, 0.1) is 0 Å². The van der Waals surface area contributed by atoms with Crippen molar-refractivity contribution in [2.75, 3.05) is 5.01 Å². The highest BCUT2D eigenvalue weighted by molar-refractivity contribution is 7.09. The Hall–Kier alpha value is -2.56. The van der Waals surface area contributed by atoms with Crippen LogP contribution in [0.25, 0.3) is 0 Å². The Labute approximate surface area is 209 Å². The van der Waals surface area contributed by atoms with E-state index in [-0.39, 0.29) is 6.54 Å². The predicted octanol–water partition coefficient (Wildman–Crippen LogP) is 6.10. The van der Waals surface area contributed by atoms with Gasteiger partial charge in [0.05, 0.1) is 33.4 Å². The highest BCUT2D eigenvalue weighted by Crippen LogP contribution is 2.44. The number of hydrogen-bond acceptors (Lipinski definition) is 7. The molecular formula is C18H9Cl2F9N6S. The molecule has 0 amide bonds. The molecule has 4 rings (SSSR count). The number of rotatable bonds is 4. The molecule has 3 heterocycles. The molecule has 1 atom stereocenters. The highest BCUT2D eigenvalue weighted by atomic mass is 35.5. The average molecular weight is 583 g/mol. The summed E-state index contributed by atoms with van der Waals surface area (Å²) in [5, 5.41) is 3.95. The number of benzene rings is 1. The van der Waals surface area contributed by atoms with Crippen molar-refractivity contribution in [1.29, 1.82) is 0 Å². The first-order valence-corrected chi connectivity index (χ1v) is 11.0. The summed E-state index contributed by atoms with van der Waals surface area (Å²) in [4.78, 5) is 9.90. The van der Waals surface area contributed by atoms with Crippen LogP contribution >= 0.6 is 34.5 Å². The van der Waals surface area contributed by atoms with Crippen LogP contribution in [-0.4, -0.2) is 35.0 Å². The van der Waals surface area contributed by atoms with E-state index in [2.05, 4.69) is 25.7 Å². The number of amidine groups is 1. The number of halogens is 11. The van der Waals surface area contributed by atoms with Crippen molar-refractivity contribution in [3.8, 4) is 0 Å². The SMILES string of the molecule is FC(F)(F)C1=NC2NN(c3c(Cl)cc(C(F)(F)F)cc3Cl)C(NCc3nccs3)=C2C(C(F)(F)F)=N1. The number of thiazole rings is 1. The van der Waals surface area contributed by atoms with E-state index >= 15 is 0 Å². The minimum Gasteiger partial charge on any atom is -0.363 e. The fourth-order valence-electron chi connectivity index (χ4n) is 3.30. The minimum absolute atomic E-state index is 0.210. The van der Waals surface area contributed by atoms with Crippen molar-refractivity contribution in [3.05, 3.63) is 55.7 Å². The molecule has 0 saturated heterocycles. The Bertz CT molecular complexity index is 1240. The van der Waals surface area contributed by atoms with Gasteiger partial charge in [0.15, 0.2) is 5.71 Å². The van der Waals surface area contributed by atoms with E-state index in [1.165, 1.54) is 6.20 Å². The second kappa shape index (κ2) is 9.08. The van der Waals surface area contributed by atoms with Gasteiger partial charge >= 0.3 is 18.5 Å². The molecule has 2 aromatic rings. The van der Waals surface area contributed by atoms with Gasteiger partial charge in [0.25, 0.3) is 0 Å². The lowest BCUT2D eigenvalue weighted by Gasteiger charge is -2.26. The van der Waals surface area contributed by atoms with E-state index in [1.54, 1.807) is 5.38 Å². The van der Waals surface area contributed by atoms with Gasteiger partial charge in [-0.2, -0.15) is 44.9 Å². The van der Waals surface area contributed by atoms with E-state index < -0.39 is 68.9 Å². The lowest BCUT2D eigenvalue weighted by molar-refractivity contribution is -0.137. The molecular weight excluding hydrogens is 574 g/mol. The number of aliphatic imine (C=N–C) groups is 2. The monoisotopic (exact) mass is 582 g/mol. The fourth-order valence-corrected chi connectivity index (χ4v) is 4.51. The molecule has 2 N–H and O–H groups in total. The summed E-state index contributed by atoms with van der Waals surface area (Å²) < 4.78 is 121. The van der Waals surface area contributed by atoms with Crippen LogP contribution < -0.4 is 15.8 Å². The molecule has 194 valence electrons. The summed E-state index contributed by atoms with van der Waals surface area (Å²) in [6.07, 6.45) is -16.1. The molecule has 1 aromatic heterocycles. The van der Waals surface area contributed by atoms with Gasteiger partial charge in [-0.25, -0.2) is 15.0 Å². The van der Waals surface area contributed by atoms with Gasteiger partial charge < -0.3 is 5.32 Å². The second-order valence-corrected chi connectivity index (χ2v) is 8.90. The van der Waals surface area contributed by atoms with Crippen LogP contribution in [0.1, 0.15) is 10.6 Å². The van der Waals surface area contributed by atoms with Gasteiger partial charge in [-0.3, -0.25) is 5.01 Å². The number of nitrogens with one attached hydrogen (secondary N) is 2. The Morgan fingerprint density at radius 2 is 1.61 bits per heavy atom. The third-order valence-electron chi connectivity index (χ3n) is 4.71. The van der Waals surface area contributed by atoms with Crippen molar-refractivity contribution in [2.24, 2.45) is 9.98 Å². The first-order chi connectivity index (χ1) is 16.6. The number of fused-ring (bicyclic) bond motifs is 1. The van der Waals surface area contributed by atoms with E-state index in [4.69, 9.17) is 23.2 Å². The third kappa shape index (κ3) is 5.12. The van der Waals surface area contributed by atoms with E-state index in [9.17, 15) is 39.5 Å². The van der Waals surface area contributed by atoms with Crippen LogP contribution in [-0.2, 0) is 12.7 Å². The fraction of sp³-hybridized carbons (Fsp3) is 0.278. The summed E-state index contributed by atoms with van der Waals surface area (Å²) in [5.41, 5.74) is -2.18. The smallest absolute Gasteiger partial charge is 0.363 e. The molecule has 6 nitrogen and oxygen atoms in total. The van der Waals surface area contributed by atoms with Crippen molar-refractivity contribution >= 4 is 51.8 Å². The molecule has 0 spiro atoms. The summed E-state index contributed by atoms with van der Waals surface area (Å²) in [7, 11) is 0.